The molecule has 0 radical (unpaired) electrons. The third-order valence-electron chi connectivity index (χ3n) is 2.20. The fourth-order valence-corrected chi connectivity index (χ4v) is 1.65. The van der Waals surface area contributed by atoms with Crippen LogP contribution in [0.25, 0.3) is 0 Å². The number of fused-ring (bicyclic) bond motifs is 1. The SMILES string of the molecule is O=C(O)C1=CC=C2NCCC21. The van der Waals surface area contributed by atoms with Crippen LogP contribution in [0.5, 0.6) is 0 Å². The average molecular weight is 151 g/mol. The summed E-state index contributed by atoms with van der Waals surface area (Å²) in [5.41, 5.74) is 1.60. The summed E-state index contributed by atoms with van der Waals surface area (Å²) < 4.78 is 0. The maximum atomic E-state index is 10.6. The van der Waals surface area contributed by atoms with Crippen molar-refractivity contribution in [2.24, 2.45) is 5.92 Å². The highest BCUT2D eigenvalue weighted by Crippen LogP contribution is 2.31. The van der Waals surface area contributed by atoms with Gasteiger partial charge in [-0.15, -0.1) is 0 Å². The van der Waals surface area contributed by atoms with Crippen molar-refractivity contribution in [3.63, 3.8) is 0 Å². The first kappa shape index (κ1) is 6.46. The minimum absolute atomic E-state index is 0.146. The fraction of sp³-hybridized carbons (Fsp3) is 0.375. The Balaban J connectivity index is 2.24. The summed E-state index contributed by atoms with van der Waals surface area (Å²) in [5.74, 6) is -0.641. The molecular weight excluding hydrogens is 142 g/mol. The van der Waals surface area contributed by atoms with Gasteiger partial charge in [-0.1, -0.05) is 0 Å². The molecule has 11 heavy (non-hydrogen) atoms. The zero-order valence-electron chi connectivity index (χ0n) is 6.00. The van der Waals surface area contributed by atoms with E-state index in [9.17, 15) is 4.79 Å². The van der Waals surface area contributed by atoms with Gasteiger partial charge in [0.2, 0.25) is 0 Å². The quantitative estimate of drug-likeness (QED) is 0.574. The van der Waals surface area contributed by atoms with E-state index in [4.69, 9.17) is 5.11 Å². The van der Waals surface area contributed by atoms with E-state index in [2.05, 4.69) is 5.32 Å². The van der Waals surface area contributed by atoms with Crippen LogP contribution in [0.1, 0.15) is 6.42 Å². The third kappa shape index (κ3) is 0.843. The van der Waals surface area contributed by atoms with E-state index in [1.807, 2.05) is 6.08 Å². The zero-order chi connectivity index (χ0) is 7.84. The van der Waals surface area contributed by atoms with E-state index in [1.165, 1.54) is 0 Å². The van der Waals surface area contributed by atoms with Crippen molar-refractivity contribution in [1.82, 2.24) is 5.32 Å². The molecule has 0 spiro atoms. The Morgan fingerprint density at radius 1 is 1.64 bits per heavy atom. The van der Waals surface area contributed by atoms with E-state index in [0.717, 1.165) is 18.7 Å². The first-order valence-corrected chi connectivity index (χ1v) is 3.68. The lowest BCUT2D eigenvalue weighted by atomic mass is 10.0. The van der Waals surface area contributed by atoms with Crippen molar-refractivity contribution in [1.29, 1.82) is 0 Å². The van der Waals surface area contributed by atoms with E-state index < -0.39 is 5.97 Å². The van der Waals surface area contributed by atoms with E-state index in [-0.39, 0.29) is 5.92 Å². The van der Waals surface area contributed by atoms with Crippen LogP contribution in [0.15, 0.2) is 23.4 Å². The van der Waals surface area contributed by atoms with Crippen LogP contribution in [0, 0.1) is 5.92 Å². The molecule has 1 unspecified atom stereocenters. The summed E-state index contributed by atoms with van der Waals surface area (Å²) in [6, 6.07) is 0. The topological polar surface area (TPSA) is 49.3 Å². The summed E-state index contributed by atoms with van der Waals surface area (Å²) in [7, 11) is 0. The Kier molecular flexibility index (Phi) is 1.24. The largest absolute Gasteiger partial charge is 0.478 e. The fourth-order valence-electron chi connectivity index (χ4n) is 1.65. The van der Waals surface area contributed by atoms with Gasteiger partial charge in [-0.25, -0.2) is 4.79 Å². The van der Waals surface area contributed by atoms with Gasteiger partial charge in [0, 0.05) is 23.7 Å². The summed E-state index contributed by atoms with van der Waals surface area (Å²) in [6.45, 7) is 0.904. The monoisotopic (exact) mass is 151 g/mol. The Labute approximate surface area is 64.4 Å². The molecule has 0 aromatic heterocycles. The van der Waals surface area contributed by atoms with Crippen LogP contribution in [0.3, 0.4) is 0 Å². The molecule has 1 aliphatic heterocycles. The average Bonchev–Trinajstić information content (AvgIpc) is 2.41. The molecule has 1 heterocycles. The van der Waals surface area contributed by atoms with Crippen molar-refractivity contribution in [2.75, 3.05) is 6.54 Å². The van der Waals surface area contributed by atoms with Crippen LogP contribution in [0.4, 0.5) is 0 Å². The molecule has 1 atom stereocenters. The van der Waals surface area contributed by atoms with E-state index in [1.54, 1.807) is 6.08 Å². The number of hydrogen-bond donors (Lipinski definition) is 2. The van der Waals surface area contributed by atoms with Crippen LogP contribution >= 0.6 is 0 Å². The first-order valence-electron chi connectivity index (χ1n) is 3.68. The van der Waals surface area contributed by atoms with Gasteiger partial charge in [-0.3, -0.25) is 0 Å². The van der Waals surface area contributed by atoms with Crippen molar-refractivity contribution < 1.29 is 9.90 Å². The van der Waals surface area contributed by atoms with Crippen LogP contribution in [-0.2, 0) is 4.79 Å². The lowest BCUT2D eigenvalue weighted by molar-refractivity contribution is -0.133. The molecule has 3 nitrogen and oxygen atoms in total. The molecule has 58 valence electrons. The number of rotatable bonds is 1. The Morgan fingerprint density at radius 2 is 2.45 bits per heavy atom. The molecular formula is C8H9NO2. The van der Waals surface area contributed by atoms with Gasteiger partial charge in [0.1, 0.15) is 0 Å². The number of nitrogens with one attached hydrogen (secondary N) is 1. The molecule has 0 bridgehead atoms. The second-order valence-corrected chi connectivity index (χ2v) is 2.82. The minimum atomic E-state index is -0.787. The first-order chi connectivity index (χ1) is 5.29. The highest BCUT2D eigenvalue weighted by Gasteiger charge is 2.30. The van der Waals surface area contributed by atoms with Gasteiger partial charge >= 0.3 is 5.97 Å². The zero-order valence-corrected chi connectivity index (χ0v) is 6.00. The highest BCUT2D eigenvalue weighted by atomic mass is 16.4. The molecule has 2 aliphatic rings. The standard InChI is InChI=1S/C8H9NO2/c10-8(11)6-1-2-7-5(6)3-4-9-7/h1-2,5,9H,3-4H2,(H,10,11). The van der Waals surface area contributed by atoms with Crippen molar-refractivity contribution in [2.45, 2.75) is 6.42 Å². The number of carboxylic acid groups (broad SMARTS) is 1. The second-order valence-electron chi connectivity index (χ2n) is 2.82. The van der Waals surface area contributed by atoms with Crippen molar-refractivity contribution >= 4 is 5.97 Å². The smallest absolute Gasteiger partial charge is 0.332 e. The number of carbonyl (C=O) groups is 1. The molecule has 0 aromatic rings. The molecule has 1 saturated heterocycles. The molecule has 3 heteroatoms. The van der Waals surface area contributed by atoms with Crippen LogP contribution in [0.2, 0.25) is 0 Å². The Hall–Kier alpha value is -1.25. The van der Waals surface area contributed by atoms with Gasteiger partial charge in [0.25, 0.3) is 0 Å². The van der Waals surface area contributed by atoms with Gasteiger partial charge in [0.05, 0.1) is 0 Å². The maximum Gasteiger partial charge on any atom is 0.332 e. The van der Waals surface area contributed by atoms with Crippen molar-refractivity contribution in [3.05, 3.63) is 23.4 Å². The van der Waals surface area contributed by atoms with Gasteiger partial charge in [-0.05, 0) is 18.6 Å². The maximum absolute atomic E-state index is 10.6. The predicted octanol–water partition coefficient (Wildman–Crippen LogP) is 0.504. The number of hydrogen-bond acceptors (Lipinski definition) is 2. The van der Waals surface area contributed by atoms with Crippen LogP contribution in [-0.4, -0.2) is 17.6 Å². The van der Waals surface area contributed by atoms with E-state index >= 15 is 0 Å². The van der Waals surface area contributed by atoms with Crippen LogP contribution < -0.4 is 5.32 Å². The second kappa shape index (κ2) is 2.12. The number of allylic oxidation sites excluding steroid dienone is 3. The molecule has 1 aliphatic carbocycles. The molecule has 2 rings (SSSR count). The molecule has 0 saturated carbocycles. The summed E-state index contributed by atoms with van der Waals surface area (Å²) >= 11 is 0. The third-order valence-corrected chi connectivity index (χ3v) is 2.20. The predicted molar refractivity (Wildman–Crippen MR) is 39.9 cm³/mol. The molecule has 0 aromatic carbocycles. The lowest BCUT2D eigenvalue weighted by Gasteiger charge is -2.04. The van der Waals surface area contributed by atoms with Gasteiger partial charge < -0.3 is 10.4 Å². The van der Waals surface area contributed by atoms with Gasteiger partial charge in [-0.2, -0.15) is 0 Å². The Morgan fingerprint density at radius 3 is 3.18 bits per heavy atom. The lowest BCUT2D eigenvalue weighted by Crippen LogP contribution is -2.10. The Bertz CT molecular complexity index is 265. The van der Waals surface area contributed by atoms with Gasteiger partial charge in [0.15, 0.2) is 0 Å². The van der Waals surface area contributed by atoms with E-state index in [0.29, 0.717) is 5.57 Å². The molecule has 2 N–H and O–H groups in total. The minimum Gasteiger partial charge on any atom is -0.478 e. The van der Waals surface area contributed by atoms with Crippen molar-refractivity contribution in [3.8, 4) is 0 Å². The summed E-state index contributed by atoms with van der Waals surface area (Å²) in [4.78, 5) is 10.6. The normalized spacial score (nSPS) is 27.1. The summed E-state index contributed by atoms with van der Waals surface area (Å²) in [6.07, 6.45) is 4.47. The summed E-state index contributed by atoms with van der Waals surface area (Å²) in [5, 5.41) is 11.9. The highest BCUT2D eigenvalue weighted by molar-refractivity contribution is 5.89. The number of aliphatic carboxylic acids is 1. The molecule has 1 fully saturated rings. The number of carboxylic acids is 1. The molecule has 0 amide bonds.